The fourth-order valence-corrected chi connectivity index (χ4v) is 1.08. The molecule has 0 N–H and O–H groups in total. The van der Waals surface area contributed by atoms with Crippen molar-refractivity contribution in [2.75, 3.05) is 7.11 Å². The van der Waals surface area contributed by atoms with Crippen molar-refractivity contribution in [3.8, 4) is 5.75 Å². The normalized spacial score (nSPS) is 10.4. The van der Waals surface area contributed by atoms with Crippen molar-refractivity contribution in [1.29, 1.82) is 0 Å². The van der Waals surface area contributed by atoms with Crippen LogP contribution >= 0.6 is 0 Å². The summed E-state index contributed by atoms with van der Waals surface area (Å²) in [5, 5.41) is 0. The third-order valence-electron chi connectivity index (χ3n) is 1.88. The van der Waals surface area contributed by atoms with Crippen LogP contribution in [-0.2, 0) is 0 Å². The molecule has 1 rings (SSSR count). The average molecular weight is 190 g/mol. The fraction of sp³-hybridized carbons (Fsp3) is 0.250. The number of hydrogen-bond donors (Lipinski definition) is 0. The van der Waals surface area contributed by atoms with E-state index in [9.17, 15) is 4.79 Å². The molecule has 2 nitrogen and oxygen atoms in total. The van der Waals surface area contributed by atoms with Crippen LogP contribution in [0, 0.1) is 0 Å². The summed E-state index contributed by atoms with van der Waals surface area (Å²) in [5.41, 5.74) is 0.690. The zero-order valence-electron chi connectivity index (χ0n) is 8.49. The van der Waals surface area contributed by atoms with E-state index in [1.807, 2.05) is 13.0 Å². The van der Waals surface area contributed by atoms with Crippen molar-refractivity contribution in [3.05, 3.63) is 42.0 Å². The van der Waals surface area contributed by atoms with Crippen molar-refractivity contribution in [2.24, 2.45) is 0 Å². The second kappa shape index (κ2) is 5.22. The van der Waals surface area contributed by atoms with E-state index in [0.717, 1.165) is 12.2 Å². The van der Waals surface area contributed by atoms with Gasteiger partial charge in [0.1, 0.15) is 5.75 Å². The molecule has 1 aromatic rings. The van der Waals surface area contributed by atoms with E-state index in [-0.39, 0.29) is 5.78 Å². The number of carbonyl (C=O) groups excluding carboxylic acids is 1. The maximum atomic E-state index is 11.5. The Balaban J connectivity index is 2.76. The first-order chi connectivity index (χ1) is 6.77. The summed E-state index contributed by atoms with van der Waals surface area (Å²) in [7, 11) is 1.60. The second-order valence-electron chi connectivity index (χ2n) is 2.90. The maximum Gasteiger partial charge on any atom is 0.185 e. The van der Waals surface area contributed by atoms with Crippen LogP contribution in [0.5, 0.6) is 5.75 Å². The molecule has 0 amide bonds. The Morgan fingerprint density at radius 3 is 2.50 bits per heavy atom. The molecule has 0 aliphatic rings. The van der Waals surface area contributed by atoms with Crippen LogP contribution in [0.3, 0.4) is 0 Å². The van der Waals surface area contributed by atoms with Gasteiger partial charge in [0.2, 0.25) is 0 Å². The van der Waals surface area contributed by atoms with Crippen LogP contribution in [0.15, 0.2) is 36.4 Å². The minimum atomic E-state index is 0.0366. The summed E-state index contributed by atoms with van der Waals surface area (Å²) >= 11 is 0. The van der Waals surface area contributed by atoms with Gasteiger partial charge in [0.25, 0.3) is 0 Å². The van der Waals surface area contributed by atoms with Gasteiger partial charge in [0.15, 0.2) is 5.78 Å². The van der Waals surface area contributed by atoms with E-state index in [1.165, 1.54) is 0 Å². The largest absolute Gasteiger partial charge is 0.497 e. The van der Waals surface area contributed by atoms with E-state index in [1.54, 1.807) is 37.5 Å². The zero-order chi connectivity index (χ0) is 10.4. The topological polar surface area (TPSA) is 26.3 Å². The first kappa shape index (κ1) is 10.5. The standard InChI is InChI=1S/C12H14O2/c1-3-4-5-12(13)10-6-8-11(14-2)9-7-10/h4-9H,3H2,1-2H3/b5-4+. The highest BCUT2D eigenvalue weighted by Gasteiger charge is 2.00. The molecule has 0 aromatic heterocycles. The Kier molecular flexibility index (Phi) is 3.92. The molecule has 0 heterocycles. The minimum absolute atomic E-state index is 0.0366. The molecular formula is C12H14O2. The maximum absolute atomic E-state index is 11.5. The van der Waals surface area contributed by atoms with Crippen molar-refractivity contribution in [2.45, 2.75) is 13.3 Å². The summed E-state index contributed by atoms with van der Waals surface area (Å²) in [6, 6.07) is 7.10. The smallest absolute Gasteiger partial charge is 0.185 e. The number of carbonyl (C=O) groups is 1. The number of ether oxygens (including phenoxy) is 1. The first-order valence-electron chi connectivity index (χ1n) is 4.63. The average Bonchev–Trinajstić information content (AvgIpc) is 2.26. The molecule has 0 radical (unpaired) electrons. The van der Waals surface area contributed by atoms with Gasteiger partial charge in [-0.05, 0) is 36.8 Å². The molecule has 0 saturated heterocycles. The van der Waals surface area contributed by atoms with Gasteiger partial charge in [-0.15, -0.1) is 0 Å². The molecule has 0 fully saturated rings. The van der Waals surface area contributed by atoms with E-state index >= 15 is 0 Å². The van der Waals surface area contributed by atoms with Crippen LogP contribution in [0.25, 0.3) is 0 Å². The van der Waals surface area contributed by atoms with Crippen molar-refractivity contribution >= 4 is 5.78 Å². The molecule has 0 bridgehead atoms. The number of hydrogen-bond acceptors (Lipinski definition) is 2. The third-order valence-corrected chi connectivity index (χ3v) is 1.88. The Morgan fingerprint density at radius 2 is 2.00 bits per heavy atom. The van der Waals surface area contributed by atoms with Crippen LogP contribution in [-0.4, -0.2) is 12.9 Å². The van der Waals surface area contributed by atoms with E-state index in [0.29, 0.717) is 5.56 Å². The molecule has 0 aliphatic heterocycles. The molecule has 0 atom stereocenters. The quantitative estimate of drug-likeness (QED) is 0.539. The highest BCUT2D eigenvalue weighted by Crippen LogP contribution is 2.11. The summed E-state index contributed by atoms with van der Waals surface area (Å²) in [4.78, 5) is 11.5. The summed E-state index contributed by atoms with van der Waals surface area (Å²) in [5.74, 6) is 0.801. The van der Waals surface area contributed by atoms with Gasteiger partial charge in [-0.1, -0.05) is 13.0 Å². The lowest BCUT2D eigenvalue weighted by Crippen LogP contribution is -1.93. The van der Waals surface area contributed by atoms with Gasteiger partial charge >= 0.3 is 0 Å². The number of allylic oxidation sites excluding steroid dienone is 2. The Bertz CT molecular complexity index is 323. The van der Waals surface area contributed by atoms with Gasteiger partial charge < -0.3 is 4.74 Å². The Morgan fingerprint density at radius 1 is 1.36 bits per heavy atom. The van der Waals surface area contributed by atoms with Gasteiger partial charge in [-0.2, -0.15) is 0 Å². The lowest BCUT2D eigenvalue weighted by atomic mass is 10.1. The summed E-state index contributed by atoms with van der Waals surface area (Å²) in [6.07, 6.45) is 4.33. The van der Waals surface area contributed by atoms with E-state index in [2.05, 4.69) is 0 Å². The van der Waals surface area contributed by atoms with Crippen molar-refractivity contribution in [3.63, 3.8) is 0 Å². The molecule has 74 valence electrons. The Labute approximate surface area is 84.2 Å². The van der Waals surface area contributed by atoms with Gasteiger partial charge in [-0.25, -0.2) is 0 Å². The number of methoxy groups -OCH3 is 1. The molecule has 2 heteroatoms. The molecule has 0 spiro atoms. The monoisotopic (exact) mass is 190 g/mol. The van der Waals surface area contributed by atoms with E-state index in [4.69, 9.17) is 4.74 Å². The molecule has 1 aromatic carbocycles. The Hall–Kier alpha value is -1.57. The minimum Gasteiger partial charge on any atom is -0.497 e. The van der Waals surface area contributed by atoms with Crippen LogP contribution in [0.2, 0.25) is 0 Å². The third kappa shape index (κ3) is 2.73. The van der Waals surface area contributed by atoms with Crippen molar-refractivity contribution < 1.29 is 9.53 Å². The highest BCUT2D eigenvalue weighted by atomic mass is 16.5. The zero-order valence-corrected chi connectivity index (χ0v) is 8.49. The van der Waals surface area contributed by atoms with Crippen LogP contribution in [0.4, 0.5) is 0 Å². The van der Waals surface area contributed by atoms with E-state index < -0.39 is 0 Å². The number of ketones is 1. The van der Waals surface area contributed by atoms with Gasteiger partial charge in [0, 0.05) is 5.56 Å². The van der Waals surface area contributed by atoms with Crippen molar-refractivity contribution in [1.82, 2.24) is 0 Å². The predicted octanol–water partition coefficient (Wildman–Crippen LogP) is 2.84. The number of rotatable bonds is 4. The predicted molar refractivity (Wildman–Crippen MR) is 56.8 cm³/mol. The summed E-state index contributed by atoms with van der Waals surface area (Å²) in [6.45, 7) is 2.00. The molecule has 0 unspecified atom stereocenters. The van der Waals surface area contributed by atoms with Gasteiger partial charge in [-0.3, -0.25) is 4.79 Å². The van der Waals surface area contributed by atoms with Crippen LogP contribution in [0.1, 0.15) is 23.7 Å². The molecule has 0 saturated carbocycles. The molecular weight excluding hydrogens is 176 g/mol. The second-order valence-corrected chi connectivity index (χ2v) is 2.90. The first-order valence-corrected chi connectivity index (χ1v) is 4.63. The highest BCUT2D eigenvalue weighted by molar-refractivity contribution is 6.04. The lowest BCUT2D eigenvalue weighted by Gasteiger charge is -1.99. The SMILES string of the molecule is CC/C=C/C(=O)c1ccc(OC)cc1. The van der Waals surface area contributed by atoms with Crippen LogP contribution < -0.4 is 4.74 Å². The lowest BCUT2D eigenvalue weighted by molar-refractivity contribution is 0.104. The number of benzene rings is 1. The summed E-state index contributed by atoms with van der Waals surface area (Å²) < 4.78 is 5.00. The molecule has 14 heavy (non-hydrogen) atoms. The molecule has 0 aliphatic carbocycles. The fourth-order valence-electron chi connectivity index (χ4n) is 1.08. The van der Waals surface area contributed by atoms with Gasteiger partial charge in [0.05, 0.1) is 7.11 Å².